The average Bonchev–Trinajstić information content (AvgIpc) is 3.63. The van der Waals surface area contributed by atoms with E-state index in [-0.39, 0.29) is 31.8 Å². The van der Waals surface area contributed by atoms with Crippen LogP contribution in [-0.4, -0.2) is 43.7 Å². The van der Waals surface area contributed by atoms with Crippen molar-refractivity contribution in [2.45, 2.75) is 96.3 Å². The molecule has 0 bridgehead atoms. The number of amides is 2. The second-order valence-corrected chi connectivity index (χ2v) is 9.75. The van der Waals surface area contributed by atoms with Gasteiger partial charge in [0.2, 0.25) is 11.8 Å². The van der Waals surface area contributed by atoms with E-state index < -0.39 is 30.8 Å². The molecule has 0 radical (unpaired) electrons. The number of rotatable bonds is 7. The first-order valence-corrected chi connectivity index (χ1v) is 13.2. The van der Waals surface area contributed by atoms with Crippen LogP contribution in [0.1, 0.15) is 91.6 Å². The van der Waals surface area contributed by atoms with Gasteiger partial charge in [0.15, 0.2) is 5.65 Å². The fraction of sp³-hybridized carbons (Fsp3) is 0.577. The summed E-state index contributed by atoms with van der Waals surface area (Å²) in [5.74, 6) is -2.96. The van der Waals surface area contributed by atoms with Gasteiger partial charge >= 0.3 is 6.18 Å². The molecular formula is C26H33F5N6O3. The number of hydrogen-bond donors (Lipinski definition) is 2. The molecule has 2 amide bonds. The third kappa shape index (κ3) is 11.3. The Hall–Kier alpha value is -3.58. The molecule has 40 heavy (non-hydrogen) atoms. The summed E-state index contributed by atoms with van der Waals surface area (Å²) in [4.78, 5) is 27.9. The fourth-order valence-corrected chi connectivity index (χ4v) is 3.54. The van der Waals surface area contributed by atoms with Gasteiger partial charge in [-0.1, -0.05) is 30.8 Å². The number of fused-ring (bicyclic) bond motifs is 1. The first-order chi connectivity index (χ1) is 18.9. The highest BCUT2D eigenvalue weighted by Crippen LogP contribution is 2.32. The average molecular weight is 573 g/mol. The van der Waals surface area contributed by atoms with Crippen LogP contribution in [0.5, 0.6) is 0 Å². The number of hydrogen-bond acceptors (Lipinski definition) is 6. The molecule has 2 N–H and O–H groups in total. The molecule has 3 aromatic heterocycles. The van der Waals surface area contributed by atoms with E-state index in [0.717, 1.165) is 6.42 Å². The molecule has 2 aliphatic carbocycles. The maximum Gasteiger partial charge on any atom is 0.389 e. The van der Waals surface area contributed by atoms with Crippen molar-refractivity contribution in [1.82, 2.24) is 30.4 Å². The molecule has 3 heterocycles. The van der Waals surface area contributed by atoms with E-state index >= 15 is 0 Å². The monoisotopic (exact) mass is 572 g/mol. The maximum absolute atomic E-state index is 12.2. The summed E-state index contributed by atoms with van der Waals surface area (Å²) in [6, 6.07) is 1.65. The standard InChI is InChI=1S/C17H17F3N6O3.C6H10F2.C3H6/c1-10-13(8-24-29-10)16(28)22-7-12-9-26-14(25-12)4-11(6-23-26)5-21-15(27)2-3-17(18,19)20;7-6(8)4-2-1-3-5-6;1-2-3-1/h4,6,8-9H,2-3,5,7H2,1H3,(H,21,27)(H,22,28);1-5H2;1-3H2. The van der Waals surface area contributed by atoms with Crippen LogP contribution in [0, 0.1) is 6.92 Å². The summed E-state index contributed by atoms with van der Waals surface area (Å²) in [6.45, 7) is 1.81. The van der Waals surface area contributed by atoms with Gasteiger partial charge in [0.05, 0.1) is 37.3 Å². The molecule has 0 saturated heterocycles. The van der Waals surface area contributed by atoms with Crippen LogP contribution in [0.3, 0.4) is 0 Å². The smallest absolute Gasteiger partial charge is 0.361 e. The van der Waals surface area contributed by atoms with Crippen LogP contribution in [0.2, 0.25) is 0 Å². The third-order valence-electron chi connectivity index (χ3n) is 5.92. The molecule has 2 saturated carbocycles. The summed E-state index contributed by atoms with van der Waals surface area (Å²) in [5, 5.41) is 12.8. The summed E-state index contributed by atoms with van der Waals surface area (Å²) < 4.78 is 67.1. The fourth-order valence-electron chi connectivity index (χ4n) is 3.54. The van der Waals surface area contributed by atoms with E-state index in [0.29, 0.717) is 41.1 Å². The number of nitrogens with one attached hydrogen (secondary N) is 2. The van der Waals surface area contributed by atoms with Crippen molar-refractivity contribution in [3.05, 3.63) is 47.2 Å². The molecule has 220 valence electrons. The van der Waals surface area contributed by atoms with Gasteiger partial charge in [-0.15, -0.1) is 0 Å². The van der Waals surface area contributed by atoms with E-state index in [1.807, 2.05) is 0 Å². The number of halogens is 5. The van der Waals surface area contributed by atoms with Crippen molar-refractivity contribution in [2.75, 3.05) is 0 Å². The van der Waals surface area contributed by atoms with Gasteiger partial charge in [-0.25, -0.2) is 18.3 Å². The van der Waals surface area contributed by atoms with Gasteiger partial charge < -0.3 is 15.2 Å². The van der Waals surface area contributed by atoms with Crippen molar-refractivity contribution in [3.8, 4) is 0 Å². The Kier molecular flexibility index (Phi) is 11.0. The summed E-state index contributed by atoms with van der Waals surface area (Å²) in [6.07, 6.45) is 5.42. The van der Waals surface area contributed by atoms with Crippen molar-refractivity contribution < 1.29 is 36.1 Å². The van der Waals surface area contributed by atoms with E-state index in [1.165, 1.54) is 36.2 Å². The van der Waals surface area contributed by atoms with Crippen LogP contribution < -0.4 is 10.6 Å². The number of carbonyl (C=O) groups is 2. The lowest BCUT2D eigenvalue weighted by Gasteiger charge is -2.20. The zero-order valence-electron chi connectivity index (χ0n) is 22.2. The molecule has 3 aromatic rings. The predicted octanol–water partition coefficient (Wildman–Crippen LogP) is 5.67. The second-order valence-electron chi connectivity index (χ2n) is 9.75. The highest BCUT2D eigenvalue weighted by atomic mass is 19.4. The minimum atomic E-state index is -4.37. The molecule has 0 unspecified atom stereocenters. The third-order valence-corrected chi connectivity index (χ3v) is 5.92. The molecule has 14 heteroatoms. The summed E-state index contributed by atoms with van der Waals surface area (Å²) in [5.41, 5.74) is 1.93. The summed E-state index contributed by atoms with van der Waals surface area (Å²) >= 11 is 0. The molecular weight excluding hydrogens is 539 g/mol. The SMILES string of the molecule is C1CC1.Cc1oncc1C(=O)NCc1cn2ncc(CNC(=O)CCC(F)(F)F)cc2n1.FC1(F)CCCCC1. The Morgan fingerprint density at radius 2 is 1.70 bits per heavy atom. The van der Waals surface area contributed by atoms with Crippen molar-refractivity contribution in [2.24, 2.45) is 0 Å². The van der Waals surface area contributed by atoms with E-state index in [9.17, 15) is 31.5 Å². The van der Waals surface area contributed by atoms with Crippen molar-refractivity contribution in [3.63, 3.8) is 0 Å². The minimum Gasteiger partial charge on any atom is -0.361 e. The normalized spacial score (nSPS) is 15.8. The molecule has 2 fully saturated rings. The minimum absolute atomic E-state index is 0.0336. The Balaban J connectivity index is 0.000000331. The first-order valence-electron chi connectivity index (χ1n) is 13.2. The Morgan fingerprint density at radius 1 is 1.02 bits per heavy atom. The number of imidazole rings is 1. The lowest BCUT2D eigenvalue weighted by Crippen LogP contribution is -2.24. The highest BCUT2D eigenvalue weighted by molar-refractivity contribution is 5.94. The van der Waals surface area contributed by atoms with Crippen LogP contribution in [-0.2, 0) is 17.9 Å². The second kappa shape index (κ2) is 14.2. The molecule has 0 spiro atoms. The Labute approximate surface area is 227 Å². The largest absolute Gasteiger partial charge is 0.389 e. The van der Waals surface area contributed by atoms with Crippen LogP contribution in [0.15, 0.2) is 29.2 Å². The van der Waals surface area contributed by atoms with Gasteiger partial charge in [0, 0.05) is 25.8 Å². The highest BCUT2D eigenvalue weighted by Gasteiger charge is 2.30. The quantitative estimate of drug-likeness (QED) is 0.353. The first kappa shape index (κ1) is 31.0. The van der Waals surface area contributed by atoms with Gasteiger partial charge in [-0.3, -0.25) is 9.59 Å². The van der Waals surface area contributed by atoms with Crippen molar-refractivity contribution >= 4 is 17.5 Å². The predicted molar refractivity (Wildman–Crippen MR) is 134 cm³/mol. The summed E-state index contributed by atoms with van der Waals surface area (Å²) in [7, 11) is 0. The Morgan fingerprint density at radius 3 is 2.25 bits per heavy atom. The van der Waals surface area contributed by atoms with Gasteiger partial charge in [-0.05, 0) is 31.4 Å². The molecule has 2 aliphatic rings. The number of aryl methyl sites for hydroxylation is 1. The van der Waals surface area contributed by atoms with E-state index in [2.05, 4.69) is 25.9 Å². The molecule has 5 rings (SSSR count). The van der Waals surface area contributed by atoms with Gasteiger partial charge in [0.1, 0.15) is 11.3 Å². The lowest BCUT2D eigenvalue weighted by molar-refractivity contribution is -0.144. The topological polar surface area (TPSA) is 114 Å². The van der Waals surface area contributed by atoms with Crippen LogP contribution >= 0.6 is 0 Å². The van der Waals surface area contributed by atoms with Crippen molar-refractivity contribution in [1.29, 1.82) is 0 Å². The van der Waals surface area contributed by atoms with Gasteiger partial charge in [0.25, 0.3) is 5.91 Å². The number of alkyl halides is 5. The Bertz CT molecular complexity index is 1240. The van der Waals surface area contributed by atoms with E-state index in [4.69, 9.17) is 4.52 Å². The van der Waals surface area contributed by atoms with Crippen LogP contribution in [0.4, 0.5) is 22.0 Å². The maximum atomic E-state index is 12.2. The zero-order valence-corrected chi connectivity index (χ0v) is 22.2. The molecule has 9 nitrogen and oxygen atoms in total. The van der Waals surface area contributed by atoms with Crippen LogP contribution in [0.25, 0.3) is 5.65 Å². The number of nitrogens with zero attached hydrogens (tertiary/aromatic N) is 4. The zero-order chi connectivity index (χ0) is 29.2. The molecule has 0 aromatic carbocycles. The molecule has 0 aliphatic heterocycles. The van der Waals surface area contributed by atoms with E-state index in [1.54, 1.807) is 19.2 Å². The van der Waals surface area contributed by atoms with Gasteiger partial charge in [-0.2, -0.15) is 18.3 Å². The number of aromatic nitrogens is 4. The molecule has 0 atom stereocenters. The lowest BCUT2D eigenvalue weighted by atomic mass is 9.97. The number of carbonyl (C=O) groups excluding carboxylic acids is 2.